The van der Waals surface area contributed by atoms with Crippen LogP contribution in [0.2, 0.25) is 10.0 Å². The van der Waals surface area contributed by atoms with Crippen molar-refractivity contribution in [3.8, 4) is 0 Å². The fourth-order valence-electron chi connectivity index (χ4n) is 1.39. The molecule has 0 aliphatic heterocycles. The van der Waals surface area contributed by atoms with E-state index < -0.39 is 12.0 Å². The van der Waals surface area contributed by atoms with Crippen LogP contribution in [-0.2, 0) is 6.54 Å². The van der Waals surface area contributed by atoms with Gasteiger partial charge in [0.05, 0.1) is 27.8 Å². The average molecular weight is 331 g/mol. The quantitative estimate of drug-likeness (QED) is 0.671. The molecule has 0 aliphatic rings. The summed E-state index contributed by atoms with van der Waals surface area (Å²) in [7, 11) is 0. The van der Waals surface area contributed by atoms with E-state index in [-0.39, 0.29) is 27.8 Å². The Morgan fingerprint density at radius 1 is 1.29 bits per heavy atom. The van der Waals surface area contributed by atoms with Crippen LogP contribution in [0.15, 0.2) is 12.1 Å². The lowest BCUT2D eigenvalue weighted by Gasteiger charge is -2.10. The minimum atomic E-state index is -1.17. The molecule has 0 unspecified atom stereocenters. The second kappa shape index (κ2) is 6.37. The molecule has 1 aromatic heterocycles. The van der Waals surface area contributed by atoms with Crippen molar-refractivity contribution in [2.24, 2.45) is 0 Å². The molecule has 2 rings (SSSR count). The van der Waals surface area contributed by atoms with E-state index in [4.69, 9.17) is 28.3 Å². The number of nitrogens with one attached hydrogen (secondary N) is 3. The van der Waals surface area contributed by atoms with Crippen molar-refractivity contribution in [2.75, 3.05) is 5.32 Å². The number of rotatable bonds is 4. The van der Waals surface area contributed by atoms with Gasteiger partial charge in [0.1, 0.15) is 0 Å². The number of aromatic carboxylic acids is 1. The molecule has 1 aromatic carbocycles. The Kier molecular flexibility index (Phi) is 4.55. The van der Waals surface area contributed by atoms with Gasteiger partial charge in [0.25, 0.3) is 0 Å². The highest BCUT2D eigenvalue weighted by atomic mass is 35.5. The van der Waals surface area contributed by atoms with Crippen LogP contribution in [0, 0.1) is 0 Å². The number of carbonyl (C=O) groups is 2. The number of carboxylic acids is 1. The van der Waals surface area contributed by atoms with Gasteiger partial charge in [-0.05, 0) is 12.1 Å². The molecule has 1 heterocycles. The van der Waals surface area contributed by atoms with Crippen molar-refractivity contribution >= 4 is 40.9 Å². The fraction of sp³-hybridized carbons (Fsp3) is 0.100. The molecule has 9 nitrogen and oxygen atoms in total. The SMILES string of the molecule is O=C(NCc1nn[nH]n1)Nc1c(Cl)cc(C(=O)O)cc1Cl. The second-order valence-corrected chi connectivity index (χ2v) is 4.57. The lowest BCUT2D eigenvalue weighted by Crippen LogP contribution is -2.29. The highest BCUT2D eigenvalue weighted by Gasteiger charge is 2.14. The first-order valence-corrected chi connectivity index (χ1v) is 6.22. The predicted octanol–water partition coefficient (Wildman–Crippen LogP) is 1.53. The average Bonchev–Trinajstić information content (AvgIpc) is 2.93. The van der Waals surface area contributed by atoms with Crippen LogP contribution in [0.4, 0.5) is 10.5 Å². The lowest BCUT2D eigenvalue weighted by molar-refractivity contribution is 0.0697. The zero-order chi connectivity index (χ0) is 15.4. The van der Waals surface area contributed by atoms with Crippen molar-refractivity contribution < 1.29 is 14.7 Å². The predicted molar refractivity (Wildman–Crippen MR) is 73.5 cm³/mol. The van der Waals surface area contributed by atoms with Gasteiger partial charge in [-0.2, -0.15) is 5.21 Å². The van der Waals surface area contributed by atoms with E-state index in [1.165, 1.54) is 12.1 Å². The number of aromatic nitrogens is 4. The van der Waals surface area contributed by atoms with Crippen molar-refractivity contribution in [1.82, 2.24) is 25.9 Å². The van der Waals surface area contributed by atoms with Crippen LogP contribution in [0.25, 0.3) is 0 Å². The van der Waals surface area contributed by atoms with E-state index in [2.05, 4.69) is 31.3 Å². The number of benzene rings is 1. The van der Waals surface area contributed by atoms with Crippen molar-refractivity contribution in [1.29, 1.82) is 0 Å². The third-order valence-corrected chi connectivity index (χ3v) is 2.92. The summed E-state index contributed by atoms with van der Waals surface area (Å²) in [6.07, 6.45) is 0. The number of nitrogens with zero attached hydrogens (tertiary/aromatic N) is 3. The number of carboxylic acid groups (broad SMARTS) is 1. The Labute approximate surface area is 127 Å². The molecule has 2 aromatic rings. The molecule has 0 radical (unpaired) electrons. The molecule has 11 heteroatoms. The van der Waals surface area contributed by atoms with Gasteiger partial charge in [-0.1, -0.05) is 28.4 Å². The summed E-state index contributed by atoms with van der Waals surface area (Å²) in [5.41, 5.74) is 0.0247. The lowest BCUT2D eigenvalue weighted by atomic mass is 10.2. The Hall–Kier alpha value is -2.39. The highest BCUT2D eigenvalue weighted by Crippen LogP contribution is 2.31. The first-order chi connectivity index (χ1) is 9.97. The molecule has 110 valence electrons. The van der Waals surface area contributed by atoms with Gasteiger partial charge in [-0.15, -0.1) is 10.2 Å². The van der Waals surface area contributed by atoms with E-state index in [0.717, 1.165) is 0 Å². The summed E-state index contributed by atoms with van der Waals surface area (Å²) >= 11 is 11.8. The molecular weight excluding hydrogens is 323 g/mol. The van der Waals surface area contributed by atoms with Gasteiger partial charge in [0.2, 0.25) is 0 Å². The Bertz CT molecular complexity index is 652. The summed E-state index contributed by atoms with van der Waals surface area (Å²) in [5.74, 6) is -0.879. The van der Waals surface area contributed by atoms with Gasteiger partial charge in [0.15, 0.2) is 5.82 Å². The molecule has 0 saturated carbocycles. The summed E-state index contributed by atoms with van der Waals surface area (Å²) in [6, 6.07) is 1.77. The number of halogens is 2. The molecule has 0 aliphatic carbocycles. The van der Waals surface area contributed by atoms with Crippen molar-refractivity contribution in [3.05, 3.63) is 33.6 Å². The first-order valence-electron chi connectivity index (χ1n) is 5.47. The third-order valence-electron chi connectivity index (χ3n) is 2.32. The summed E-state index contributed by atoms with van der Waals surface area (Å²) < 4.78 is 0. The maximum atomic E-state index is 11.7. The number of urea groups is 1. The van der Waals surface area contributed by atoms with Gasteiger partial charge in [-0.25, -0.2) is 9.59 Å². The summed E-state index contributed by atoms with van der Waals surface area (Å²) in [5, 5.41) is 26.6. The minimum Gasteiger partial charge on any atom is -0.478 e. The van der Waals surface area contributed by atoms with Crippen molar-refractivity contribution in [2.45, 2.75) is 6.54 Å². The summed E-state index contributed by atoms with van der Waals surface area (Å²) in [6.45, 7) is 0.0464. The van der Waals surface area contributed by atoms with Gasteiger partial charge in [0, 0.05) is 0 Å². The number of amides is 2. The molecule has 21 heavy (non-hydrogen) atoms. The van der Waals surface area contributed by atoms with E-state index >= 15 is 0 Å². The van der Waals surface area contributed by atoms with Crippen LogP contribution in [0.5, 0.6) is 0 Å². The van der Waals surface area contributed by atoms with E-state index in [9.17, 15) is 9.59 Å². The van der Waals surface area contributed by atoms with Crippen LogP contribution in [0.3, 0.4) is 0 Å². The largest absolute Gasteiger partial charge is 0.478 e. The maximum Gasteiger partial charge on any atom is 0.335 e. The van der Waals surface area contributed by atoms with Crippen LogP contribution in [0.1, 0.15) is 16.2 Å². The van der Waals surface area contributed by atoms with Crippen LogP contribution < -0.4 is 10.6 Å². The molecular formula is C10H8Cl2N6O3. The molecule has 0 bridgehead atoms. The highest BCUT2D eigenvalue weighted by molar-refractivity contribution is 6.40. The Morgan fingerprint density at radius 3 is 2.48 bits per heavy atom. The van der Waals surface area contributed by atoms with Crippen LogP contribution >= 0.6 is 23.2 Å². The van der Waals surface area contributed by atoms with E-state index in [1.54, 1.807) is 0 Å². The van der Waals surface area contributed by atoms with E-state index in [1.807, 2.05) is 0 Å². The number of H-pyrrole nitrogens is 1. The second-order valence-electron chi connectivity index (χ2n) is 3.76. The third kappa shape index (κ3) is 3.80. The number of aromatic amines is 1. The number of anilines is 1. The summed E-state index contributed by atoms with van der Waals surface area (Å²) in [4.78, 5) is 22.5. The zero-order valence-corrected chi connectivity index (χ0v) is 11.7. The number of hydrogen-bond donors (Lipinski definition) is 4. The Balaban J connectivity index is 2.05. The van der Waals surface area contributed by atoms with Gasteiger partial charge < -0.3 is 15.7 Å². The topological polar surface area (TPSA) is 133 Å². The van der Waals surface area contributed by atoms with Gasteiger partial charge >= 0.3 is 12.0 Å². The minimum absolute atomic E-state index is 0.00890. The molecule has 0 saturated heterocycles. The normalized spacial score (nSPS) is 10.2. The molecule has 4 N–H and O–H groups in total. The first kappa shape index (κ1) is 15.0. The number of carbonyl (C=O) groups excluding carboxylic acids is 1. The smallest absolute Gasteiger partial charge is 0.335 e. The maximum absolute atomic E-state index is 11.7. The van der Waals surface area contributed by atoms with Crippen molar-refractivity contribution in [3.63, 3.8) is 0 Å². The number of hydrogen-bond acceptors (Lipinski definition) is 5. The van der Waals surface area contributed by atoms with Crippen LogP contribution in [-0.4, -0.2) is 37.7 Å². The molecule has 2 amide bonds. The molecule has 0 atom stereocenters. The monoisotopic (exact) mass is 330 g/mol. The number of tetrazole rings is 1. The fourth-order valence-corrected chi connectivity index (χ4v) is 1.97. The standard InChI is InChI=1S/C10H8Cl2N6O3/c11-5-1-4(9(19)20)2-6(12)8(5)14-10(21)13-3-7-15-17-18-16-7/h1-2H,3H2,(H,19,20)(H2,13,14,21)(H,15,16,17,18). The molecule has 0 fully saturated rings. The van der Waals surface area contributed by atoms with Gasteiger partial charge in [-0.3, -0.25) is 0 Å². The van der Waals surface area contributed by atoms with E-state index in [0.29, 0.717) is 5.82 Å². The molecule has 0 spiro atoms. The zero-order valence-electron chi connectivity index (χ0n) is 10.2. The Morgan fingerprint density at radius 2 is 1.95 bits per heavy atom.